The Morgan fingerprint density at radius 1 is 0.931 bits per heavy atom. The molecule has 1 aliphatic rings. The number of benzene rings is 2. The Bertz CT molecular complexity index is 960. The molecule has 0 aliphatic carbocycles. The lowest BCUT2D eigenvalue weighted by atomic mass is 9.94. The van der Waals surface area contributed by atoms with E-state index in [1.54, 1.807) is 30.3 Å². The first-order valence-electron chi connectivity index (χ1n) is 9.63. The molecule has 0 amide bonds. The highest BCUT2D eigenvalue weighted by Gasteiger charge is 2.31. The highest BCUT2D eigenvalue weighted by molar-refractivity contribution is 7.89. The number of piperidine rings is 1. The summed E-state index contributed by atoms with van der Waals surface area (Å²) < 4.78 is 32.4. The van der Waals surface area contributed by atoms with Crippen LogP contribution in [0.2, 0.25) is 0 Å². The van der Waals surface area contributed by atoms with Gasteiger partial charge in [0.25, 0.3) is 0 Å². The highest BCUT2D eigenvalue weighted by atomic mass is 32.2. The minimum Gasteiger partial charge on any atom is -0.454 e. The predicted octanol–water partition coefficient (Wildman–Crippen LogP) is 3.39. The minimum atomic E-state index is -3.60. The summed E-state index contributed by atoms with van der Waals surface area (Å²) in [6.07, 6.45) is 1.01. The van der Waals surface area contributed by atoms with Gasteiger partial charge in [-0.3, -0.25) is 4.79 Å². The van der Waals surface area contributed by atoms with Gasteiger partial charge in [0, 0.05) is 18.7 Å². The molecule has 0 saturated carbocycles. The van der Waals surface area contributed by atoms with E-state index in [1.165, 1.54) is 28.6 Å². The monoisotopic (exact) mass is 415 g/mol. The second-order valence-corrected chi connectivity index (χ2v) is 9.60. The van der Waals surface area contributed by atoms with Gasteiger partial charge in [-0.25, -0.2) is 13.2 Å². The molecule has 6 nitrogen and oxygen atoms in total. The second-order valence-electron chi connectivity index (χ2n) is 7.66. The van der Waals surface area contributed by atoms with E-state index in [9.17, 15) is 18.0 Å². The standard InChI is InChI=1S/C22H25NO5S/c1-16-12-17(2)14-23(13-16)29(26,27)20-10-8-19(9-11-20)22(25)28-15-21(24)18-6-4-3-5-7-18/h3-11,16-17H,12-15H2,1-2H3/t16-,17-/m0/s1. The Morgan fingerprint density at radius 2 is 1.52 bits per heavy atom. The fourth-order valence-electron chi connectivity index (χ4n) is 3.64. The van der Waals surface area contributed by atoms with Crippen molar-refractivity contribution in [1.82, 2.24) is 4.31 Å². The van der Waals surface area contributed by atoms with E-state index in [2.05, 4.69) is 0 Å². The fraction of sp³-hybridized carbons (Fsp3) is 0.364. The average Bonchev–Trinajstić information content (AvgIpc) is 2.71. The lowest BCUT2D eigenvalue weighted by molar-refractivity contribution is 0.0474. The fourth-order valence-corrected chi connectivity index (χ4v) is 5.32. The molecule has 1 fully saturated rings. The van der Waals surface area contributed by atoms with Crippen LogP contribution in [0.4, 0.5) is 0 Å². The Morgan fingerprint density at radius 3 is 2.10 bits per heavy atom. The zero-order valence-electron chi connectivity index (χ0n) is 16.6. The van der Waals surface area contributed by atoms with Crippen molar-refractivity contribution in [3.05, 3.63) is 65.7 Å². The van der Waals surface area contributed by atoms with E-state index in [4.69, 9.17) is 4.74 Å². The van der Waals surface area contributed by atoms with E-state index in [1.807, 2.05) is 13.8 Å². The molecule has 0 unspecified atom stereocenters. The van der Waals surface area contributed by atoms with E-state index in [0.717, 1.165) is 6.42 Å². The molecule has 0 aromatic heterocycles. The normalized spacial score (nSPS) is 20.2. The zero-order chi connectivity index (χ0) is 21.0. The summed E-state index contributed by atoms with van der Waals surface area (Å²) in [4.78, 5) is 24.4. The first-order valence-corrected chi connectivity index (χ1v) is 11.1. The Kier molecular flexibility index (Phi) is 6.49. The molecule has 1 saturated heterocycles. The third-order valence-corrected chi connectivity index (χ3v) is 6.84. The van der Waals surface area contributed by atoms with Crippen LogP contribution in [-0.4, -0.2) is 44.2 Å². The Balaban J connectivity index is 1.64. The molecule has 0 N–H and O–H groups in total. The third kappa shape index (κ3) is 5.10. The summed E-state index contributed by atoms with van der Waals surface area (Å²) in [6.45, 7) is 4.73. The van der Waals surface area contributed by atoms with Gasteiger partial charge in [-0.2, -0.15) is 4.31 Å². The maximum Gasteiger partial charge on any atom is 0.338 e. The van der Waals surface area contributed by atoms with Crippen molar-refractivity contribution in [1.29, 1.82) is 0 Å². The van der Waals surface area contributed by atoms with Gasteiger partial charge in [0.2, 0.25) is 10.0 Å². The van der Waals surface area contributed by atoms with Crippen molar-refractivity contribution >= 4 is 21.8 Å². The van der Waals surface area contributed by atoms with Crippen molar-refractivity contribution < 1.29 is 22.7 Å². The molecule has 3 rings (SSSR count). The van der Waals surface area contributed by atoms with Crippen molar-refractivity contribution in [2.45, 2.75) is 25.2 Å². The second kappa shape index (κ2) is 8.88. The number of ether oxygens (including phenoxy) is 1. The number of carbonyl (C=O) groups is 2. The lowest BCUT2D eigenvalue weighted by Crippen LogP contribution is -2.42. The molecule has 2 aromatic carbocycles. The van der Waals surface area contributed by atoms with Crippen LogP contribution in [0.5, 0.6) is 0 Å². The van der Waals surface area contributed by atoms with Crippen LogP contribution in [-0.2, 0) is 14.8 Å². The molecule has 29 heavy (non-hydrogen) atoms. The van der Waals surface area contributed by atoms with Gasteiger partial charge in [0.15, 0.2) is 12.4 Å². The van der Waals surface area contributed by atoms with Gasteiger partial charge < -0.3 is 4.74 Å². The average molecular weight is 416 g/mol. The maximum atomic E-state index is 12.9. The van der Waals surface area contributed by atoms with E-state index >= 15 is 0 Å². The number of esters is 1. The first-order chi connectivity index (χ1) is 13.8. The molecule has 0 radical (unpaired) electrons. The zero-order valence-corrected chi connectivity index (χ0v) is 17.4. The van der Waals surface area contributed by atoms with Gasteiger partial charge in [-0.15, -0.1) is 0 Å². The molecule has 7 heteroatoms. The van der Waals surface area contributed by atoms with Crippen LogP contribution >= 0.6 is 0 Å². The minimum absolute atomic E-state index is 0.149. The van der Waals surface area contributed by atoms with Gasteiger partial charge >= 0.3 is 5.97 Å². The molecular weight excluding hydrogens is 390 g/mol. The molecule has 2 atom stereocenters. The van der Waals surface area contributed by atoms with Crippen LogP contribution in [0.25, 0.3) is 0 Å². The highest BCUT2D eigenvalue weighted by Crippen LogP contribution is 2.26. The van der Waals surface area contributed by atoms with Crippen LogP contribution < -0.4 is 0 Å². The number of Topliss-reactive ketones (excluding diaryl/α,β-unsaturated/α-hetero) is 1. The molecular formula is C22H25NO5S. The van der Waals surface area contributed by atoms with Gasteiger partial charge in [0.05, 0.1) is 10.5 Å². The SMILES string of the molecule is C[C@H]1C[C@H](C)CN(S(=O)(=O)c2ccc(C(=O)OCC(=O)c3ccccc3)cc2)C1. The van der Waals surface area contributed by atoms with Crippen LogP contribution in [0.1, 0.15) is 41.0 Å². The van der Waals surface area contributed by atoms with Crippen LogP contribution in [0.15, 0.2) is 59.5 Å². The summed E-state index contributed by atoms with van der Waals surface area (Å²) in [5, 5.41) is 0. The van der Waals surface area contributed by atoms with E-state index < -0.39 is 16.0 Å². The number of carbonyl (C=O) groups excluding carboxylic acids is 2. The molecule has 0 bridgehead atoms. The van der Waals surface area contributed by atoms with E-state index in [0.29, 0.717) is 30.5 Å². The van der Waals surface area contributed by atoms with Crippen molar-refractivity contribution in [3.8, 4) is 0 Å². The van der Waals surface area contributed by atoms with Crippen molar-refractivity contribution in [2.24, 2.45) is 11.8 Å². The summed E-state index contributed by atoms with van der Waals surface area (Å²) in [5.41, 5.74) is 0.664. The Hall–Kier alpha value is -2.51. The number of nitrogens with zero attached hydrogens (tertiary/aromatic N) is 1. The van der Waals surface area contributed by atoms with Gasteiger partial charge in [0.1, 0.15) is 0 Å². The van der Waals surface area contributed by atoms with Gasteiger partial charge in [-0.05, 0) is 42.5 Å². The smallest absolute Gasteiger partial charge is 0.338 e. The van der Waals surface area contributed by atoms with Crippen molar-refractivity contribution in [3.63, 3.8) is 0 Å². The quantitative estimate of drug-likeness (QED) is 0.534. The van der Waals surface area contributed by atoms with Crippen LogP contribution in [0, 0.1) is 11.8 Å². The summed E-state index contributed by atoms with van der Waals surface area (Å²) in [5.74, 6) is -0.347. The van der Waals surface area contributed by atoms with Crippen LogP contribution in [0.3, 0.4) is 0 Å². The third-order valence-electron chi connectivity index (χ3n) is 4.99. The predicted molar refractivity (Wildman–Crippen MR) is 109 cm³/mol. The number of sulfonamides is 1. The number of hydrogen-bond donors (Lipinski definition) is 0. The largest absolute Gasteiger partial charge is 0.454 e. The number of ketones is 1. The molecule has 1 aliphatic heterocycles. The summed E-state index contributed by atoms with van der Waals surface area (Å²) >= 11 is 0. The maximum absolute atomic E-state index is 12.9. The lowest BCUT2D eigenvalue weighted by Gasteiger charge is -2.34. The molecule has 0 spiro atoms. The Labute approximate surface area is 171 Å². The first kappa shape index (κ1) is 21.2. The molecule has 1 heterocycles. The molecule has 2 aromatic rings. The number of hydrogen-bond acceptors (Lipinski definition) is 5. The van der Waals surface area contributed by atoms with Crippen molar-refractivity contribution in [2.75, 3.05) is 19.7 Å². The topological polar surface area (TPSA) is 80.8 Å². The van der Waals surface area contributed by atoms with E-state index in [-0.39, 0.29) is 22.8 Å². The number of rotatable bonds is 6. The summed E-state index contributed by atoms with van der Waals surface area (Å²) in [7, 11) is -3.60. The summed E-state index contributed by atoms with van der Waals surface area (Å²) in [6, 6.07) is 14.2. The molecule has 154 valence electrons. The van der Waals surface area contributed by atoms with Gasteiger partial charge in [-0.1, -0.05) is 44.2 Å².